The lowest BCUT2D eigenvalue weighted by Crippen LogP contribution is -2.14. The minimum atomic E-state index is -3.84. The van der Waals surface area contributed by atoms with Crippen LogP contribution in [0.1, 0.15) is 0 Å². The quantitative estimate of drug-likeness (QED) is 0.850. The van der Waals surface area contributed by atoms with Crippen LogP contribution >= 0.6 is 0 Å². The van der Waals surface area contributed by atoms with Crippen LogP contribution in [0, 0.1) is 5.95 Å². The van der Waals surface area contributed by atoms with E-state index in [9.17, 15) is 12.8 Å². The molecular formula is C11H9FN2O2S. The Hall–Kier alpha value is -1.95. The number of hydrogen-bond donors (Lipinski definition) is 1. The third-order valence-corrected chi connectivity index (χ3v) is 3.27. The molecule has 1 aromatic carbocycles. The van der Waals surface area contributed by atoms with Gasteiger partial charge in [0.15, 0.2) is 5.03 Å². The van der Waals surface area contributed by atoms with E-state index in [0.29, 0.717) is 5.69 Å². The molecule has 1 N–H and O–H groups in total. The fourth-order valence-electron chi connectivity index (χ4n) is 1.25. The number of benzene rings is 1. The Kier molecular flexibility index (Phi) is 3.06. The Balaban J connectivity index is 2.32. The number of para-hydroxylation sites is 1. The highest BCUT2D eigenvalue weighted by molar-refractivity contribution is 7.92. The second-order valence-corrected chi connectivity index (χ2v) is 4.90. The summed E-state index contributed by atoms with van der Waals surface area (Å²) in [6.45, 7) is 0. The van der Waals surface area contributed by atoms with Gasteiger partial charge in [0.2, 0.25) is 5.95 Å². The number of sulfonamides is 1. The number of aromatic nitrogens is 1. The van der Waals surface area contributed by atoms with E-state index in [-0.39, 0.29) is 5.03 Å². The van der Waals surface area contributed by atoms with E-state index in [1.165, 1.54) is 12.1 Å². The molecule has 0 radical (unpaired) electrons. The van der Waals surface area contributed by atoms with Crippen molar-refractivity contribution in [2.75, 3.05) is 4.72 Å². The van der Waals surface area contributed by atoms with Gasteiger partial charge in [-0.25, -0.2) is 4.98 Å². The summed E-state index contributed by atoms with van der Waals surface area (Å²) >= 11 is 0. The highest BCUT2D eigenvalue weighted by atomic mass is 32.2. The molecule has 88 valence electrons. The molecule has 6 heteroatoms. The van der Waals surface area contributed by atoms with Crippen LogP contribution in [0.25, 0.3) is 0 Å². The van der Waals surface area contributed by atoms with Crippen LogP contribution in [0.3, 0.4) is 0 Å². The van der Waals surface area contributed by atoms with Gasteiger partial charge in [0.05, 0.1) is 0 Å². The summed E-state index contributed by atoms with van der Waals surface area (Å²) in [5.41, 5.74) is 0.401. The van der Waals surface area contributed by atoms with Crippen molar-refractivity contribution >= 4 is 15.7 Å². The lowest BCUT2D eigenvalue weighted by atomic mass is 10.3. The predicted octanol–water partition coefficient (Wildman–Crippen LogP) is 2.02. The topological polar surface area (TPSA) is 59.1 Å². The van der Waals surface area contributed by atoms with Crippen LogP contribution in [0.4, 0.5) is 10.1 Å². The molecule has 0 saturated carbocycles. The molecule has 0 aliphatic rings. The fourth-order valence-corrected chi connectivity index (χ4v) is 2.27. The monoisotopic (exact) mass is 252 g/mol. The van der Waals surface area contributed by atoms with Crippen molar-refractivity contribution in [2.24, 2.45) is 0 Å². The number of halogens is 1. The smallest absolute Gasteiger partial charge is 0.278 e. The molecular weight excluding hydrogens is 243 g/mol. The van der Waals surface area contributed by atoms with E-state index in [4.69, 9.17) is 0 Å². The average Bonchev–Trinajstić information content (AvgIpc) is 2.30. The molecule has 2 aromatic rings. The minimum absolute atomic E-state index is 0.346. The molecule has 0 spiro atoms. The van der Waals surface area contributed by atoms with Gasteiger partial charge >= 0.3 is 0 Å². The summed E-state index contributed by atoms with van der Waals surface area (Å²) in [5, 5.41) is -0.346. The molecule has 0 saturated heterocycles. The van der Waals surface area contributed by atoms with E-state index in [0.717, 1.165) is 6.07 Å². The average molecular weight is 252 g/mol. The summed E-state index contributed by atoms with van der Waals surface area (Å²) in [6, 6.07) is 11.9. The lowest BCUT2D eigenvalue weighted by molar-refractivity contribution is 0.559. The van der Waals surface area contributed by atoms with Gasteiger partial charge in [-0.2, -0.15) is 12.8 Å². The van der Waals surface area contributed by atoms with Crippen molar-refractivity contribution in [3.63, 3.8) is 0 Å². The normalized spacial score (nSPS) is 11.1. The van der Waals surface area contributed by atoms with Crippen LogP contribution in [0.5, 0.6) is 0 Å². The summed E-state index contributed by atoms with van der Waals surface area (Å²) in [6.07, 6.45) is 0. The molecule has 0 atom stereocenters. The Morgan fingerprint density at radius 1 is 1.00 bits per heavy atom. The van der Waals surface area contributed by atoms with E-state index in [1.54, 1.807) is 30.3 Å². The second-order valence-electron chi connectivity index (χ2n) is 3.27. The standard InChI is InChI=1S/C11H9FN2O2S/c12-10-7-4-8-11(13-10)17(15,16)14-9-5-2-1-3-6-9/h1-8,14H. The van der Waals surface area contributed by atoms with Crippen molar-refractivity contribution in [1.82, 2.24) is 4.98 Å². The maximum absolute atomic E-state index is 12.8. The van der Waals surface area contributed by atoms with Gasteiger partial charge in [-0.1, -0.05) is 24.3 Å². The maximum atomic E-state index is 12.8. The third-order valence-electron chi connectivity index (χ3n) is 1.99. The van der Waals surface area contributed by atoms with Gasteiger partial charge in [-0.3, -0.25) is 4.72 Å². The molecule has 0 amide bonds. The lowest BCUT2D eigenvalue weighted by Gasteiger charge is -2.06. The van der Waals surface area contributed by atoms with Gasteiger partial charge < -0.3 is 0 Å². The number of nitrogens with one attached hydrogen (secondary N) is 1. The zero-order valence-electron chi connectivity index (χ0n) is 8.67. The van der Waals surface area contributed by atoms with Crippen molar-refractivity contribution in [1.29, 1.82) is 0 Å². The Morgan fingerprint density at radius 3 is 2.35 bits per heavy atom. The molecule has 2 rings (SSSR count). The van der Waals surface area contributed by atoms with Gasteiger partial charge in [-0.05, 0) is 24.3 Å². The van der Waals surface area contributed by atoms with Gasteiger partial charge in [-0.15, -0.1) is 0 Å². The highest BCUT2D eigenvalue weighted by Crippen LogP contribution is 2.13. The highest BCUT2D eigenvalue weighted by Gasteiger charge is 2.16. The number of pyridine rings is 1. The first-order chi connectivity index (χ1) is 8.08. The second kappa shape index (κ2) is 4.50. The van der Waals surface area contributed by atoms with Crippen LogP contribution < -0.4 is 4.72 Å². The zero-order valence-corrected chi connectivity index (χ0v) is 9.49. The van der Waals surface area contributed by atoms with Gasteiger partial charge in [0.25, 0.3) is 10.0 Å². The Bertz CT molecular complexity index is 614. The summed E-state index contributed by atoms with van der Waals surface area (Å²) in [5.74, 6) is -0.832. The number of rotatable bonds is 3. The molecule has 17 heavy (non-hydrogen) atoms. The van der Waals surface area contributed by atoms with Crippen LogP contribution in [-0.2, 0) is 10.0 Å². The first-order valence-electron chi connectivity index (χ1n) is 4.78. The Morgan fingerprint density at radius 2 is 1.71 bits per heavy atom. The largest absolute Gasteiger partial charge is 0.279 e. The maximum Gasteiger partial charge on any atom is 0.279 e. The summed E-state index contributed by atoms with van der Waals surface area (Å²) in [4.78, 5) is 3.32. The van der Waals surface area contributed by atoms with Crippen LogP contribution in [-0.4, -0.2) is 13.4 Å². The van der Waals surface area contributed by atoms with E-state index in [2.05, 4.69) is 9.71 Å². The minimum Gasteiger partial charge on any atom is -0.278 e. The van der Waals surface area contributed by atoms with Crippen molar-refractivity contribution in [3.8, 4) is 0 Å². The van der Waals surface area contributed by atoms with E-state index < -0.39 is 16.0 Å². The zero-order chi connectivity index (χ0) is 12.3. The third kappa shape index (κ3) is 2.79. The van der Waals surface area contributed by atoms with E-state index in [1.807, 2.05) is 0 Å². The molecule has 0 fully saturated rings. The molecule has 1 heterocycles. The first kappa shape index (κ1) is 11.5. The molecule has 1 aromatic heterocycles. The molecule has 0 aliphatic carbocycles. The first-order valence-corrected chi connectivity index (χ1v) is 6.27. The predicted molar refractivity (Wildman–Crippen MR) is 61.4 cm³/mol. The Labute approximate surface area is 98.2 Å². The van der Waals surface area contributed by atoms with E-state index >= 15 is 0 Å². The molecule has 0 unspecified atom stereocenters. The van der Waals surface area contributed by atoms with Gasteiger partial charge in [0, 0.05) is 5.69 Å². The van der Waals surface area contributed by atoms with Crippen molar-refractivity contribution < 1.29 is 12.8 Å². The molecule has 0 aliphatic heterocycles. The fraction of sp³-hybridized carbons (Fsp3) is 0. The number of nitrogens with zero attached hydrogens (tertiary/aromatic N) is 1. The summed E-state index contributed by atoms with van der Waals surface area (Å²) < 4.78 is 38.8. The van der Waals surface area contributed by atoms with Crippen molar-refractivity contribution in [3.05, 3.63) is 54.5 Å². The molecule has 4 nitrogen and oxygen atoms in total. The van der Waals surface area contributed by atoms with Crippen LogP contribution in [0.15, 0.2) is 53.6 Å². The number of anilines is 1. The van der Waals surface area contributed by atoms with Gasteiger partial charge in [0.1, 0.15) is 0 Å². The van der Waals surface area contributed by atoms with Crippen molar-refractivity contribution in [2.45, 2.75) is 5.03 Å². The summed E-state index contributed by atoms with van der Waals surface area (Å²) in [7, 11) is -3.84. The van der Waals surface area contributed by atoms with Crippen LogP contribution in [0.2, 0.25) is 0 Å². The SMILES string of the molecule is O=S(=O)(Nc1ccccc1)c1cccc(F)n1. The molecule has 0 bridgehead atoms. The number of hydrogen-bond acceptors (Lipinski definition) is 3.